The highest BCUT2D eigenvalue weighted by Crippen LogP contribution is 2.67. The van der Waals surface area contributed by atoms with Crippen molar-refractivity contribution < 1.29 is 28.7 Å². The van der Waals surface area contributed by atoms with E-state index in [-0.39, 0.29) is 42.4 Å². The molecule has 9 nitrogen and oxygen atoms in total. The second kappa shape index (κ2) is 20.1. The van der Waals surface area contributed by atoms with Gasteiger partial charge in [0, 0.05) is 28.8 Å². The molecule has 4 amide bonds. The Bertz CT molecular complexity index is 1870. The quantitative estimate of drug-likeness (QED) is 0.0690. The highest BCUT2D eigenvalue weighted by molar-refractivity contribution is 8.26. The Morgan fingerprint density at radius 3 is 2.15 bits per heavy atom. The fraction of sp³-hybridized carbons (Fsp3) is 0.571. The topological polar surface area (TPSA) is 115 Å². The van der Waals surface area contributed by atoms with Crippen molar-refractivity contribution in [3.8, 4) is 5.75 Å². The van der Waals surface area contributed by atoms with Gasteiger partial charge >= 0.3 is 12.0 Å². The van der Waals surface area contributed by atoms with Crippen LogP contribution in [0.15, 0.2) is 60.3 Å². The summed E-state index contributed by atoms with van der Waals surface area (Å²) < 4.78 is 14.2. The third-order valence-corrected chi connectivity index (χ3v) is 15.4. The maximum atomic E-state index is 14.1. The van der Waals surface area contributed by atoms with Gasteiger partial charge in [0.15, 0.2) is 5.75 Å². The Balaban J connectivity index is 1.74. The molecule has 1 aromatic carbocycles. The summed E-state index contributed by atoms with van der Waals surface area (Å²) in [4.78, 5) is 67.6. The molecular formula is C42H55N3O6S4. The van der Waals surface area contributed by atoms with E-state index in [9.17, 15) is 19.2 Å². The number of amides is 4. The third kappa shape index (κ3) is 9.53. The lowest BCUT2D eigenvalue weighted by atomic mass is 9.84. The monoisotopic (exact) mass is 825 g/mol. The van der Waals surface area contributed by atoms with E-state index in [1.54, 1.807) is 30.4 Å². The SMILES string of the molecule is CCCCC(CC)C(=O)Oc1c2c(c(CCC)c3c1S/C(=C(\C(CCC)=NC(C)=O)C(C)=C1CCC1)S3)S/C(=C1/C(=O)N(CCCC)C(=O)N=C1OCC)S2. The zero-order chi connectivity index (χ0) is 39.8. The number of benzene rings is 1. The summed E-state index contributed by atoms with van der Waals surface area (Å²) in [5, 5.41) is 0. The van der Waals surface area contributed by atoms with Crippen molar-refractivity contribution in [1.29, 1.82) is 0 Å². The van der Waals surface area contributed by atoms with Gasteiger partial charge in [0.25, 0.3) is 5.91 Å². The molecule has 0 N–H and O–H groups in total. The predicted octanol–water partition coefficient (Wildman–Crippen LogP) is 12.1. The first kappa shape index (κ1) is 43.4. The molecule has 1 saturated carbocycles. The number of allylic oxidation sites excluding steroid dienone is 3. The molecule has 0 aromatic heterocycles. The molecule has 3 aliphatic heterocycles. The van der Waals surface area contributed by atoms with Crippen molar-refractivity contribution in [1.82, 2.24) is 4.90 Å². The van der Waals surface area contributed by atoms with E-state index < -0.39 is 11.9 Å². The van der Waals surface area contributed by atoms with Crippen LogP contribution in [0.5, 0.6) is 5.75 Å². The first-order valence-corrected chi connectivity index (χ1v) is 23.3. The van der Waals surface area contributed by atoms with E-state index in [4.69, 9.17) is 9.47 Å². The predicted molar refractivity (Wildman–Crippen MR) is 228 cm³/mol. The average Bonchev–Trinajstić information content (AvgIpc) is 3.75. The minimum atomic E-state index is -0.611. The number of unbranched alkanes of at least 4 members (excludes halogenated alkanes) is 2. The van der Waals surface area contributed by atoms with Crippen molar-refractivity contribution in [2.24, 2.45) is 15.9 Å². The number of carbonyl (C=O) groups excluding carboxylic acids is 4. The summed E-state index contributed by atoms with van der Waals surface area (Å²) in [7, 11) is 0. The first-order chi connectivity index (χ1) is 26.5. The molecule has 1 atom stereocenters. The Kier molecular flexibility index (Phi) is 15.9. The molecule has 0 radical (unpaired) electrons. The van der Waals surface area contributed by atoms with Crippen molar-refractivity contribution in [3.63, 3.8) is 0 Å². The van der Waals surface area contributed by atoms with Crippen molar-refractivity contribution in [2.45, 2.75) is 158 Å². The number of esters is 1. The molecule has 1 aromatic rings. The normalized spacial score (nSPS) is 19.6. The Morgan fingerprint density at radius 2 is 1.55 bits per heavy atom. The van der Waals surface area contributed by atoms with Gasteiger partial charge in [-0.05, 0) is 76.4 Å². The molecule has 13 heteroatoms. The maximum Gasteiger partial charge on any atom is 0.353 e. The van der Waals surface area contributed by atoms with E-state index >= 15 is 0 Å². The van der Waals surface area contributed by atoms with E-state index in [1.165, 1.54) is 46.5 Å². The molecule has 3 heterocycles. The van der Waals surface area contributed by atoms with Crippen LogP contribution >= 0.6 is 47.0 Å². The minimum Gasteiger partial charge on any atom is -0.477 e. The van der Waals surface area contributed by atoms with E-state index in [2.05, 4.69) is 37.7 Å². The van der Waals surface area contributed by atoms with Crippen LogP contribution in [-0.2, 0) is 25.5 Å². The van der Waals surface area contributed by atoms with Gasteiger partial charge in [-0.2, -0.15) is 4.99 Å². The summed E-state index contributed by atoms with van der Waals surface area (Å²) in [6.45, 7) is 16.4. The first-order valence-electron chi connectivity index (χ1n) is 20.0. The number of fused-ring (bicyclic) bond motifs is 2. The lowest BCUT2D eigenvalue weighted by molar-refractivity contribution is -0.139. The molecule has 0 bridgehead atoms. The molecule has 298 valence electrons. The largest absolute Gasteiger partial charge is 0.477 e. The highest BCUT2D eigenvalue weighted by atomic mass is 32.2. The van der Waals surface area contributed by atoms with Gasteiger partial charge in [0.05, 0.1) is 36.5 Å². The van der Waals surface area contributed by atoms with E-state index in [0.717, 1.165) is 105 Å². The molecule has 4 aliphatic rings. The Morgan fingerprint density at radius 1 is 0.873 bits per heavy atom. The van der Waals surface area contributed by atoms with Crippen LogP contribution in [0.25, 0.3) is 0 Å². The Hall–Kier alpha value is -2.74. The minimum absolute atomic E-state index is 0.0353. The third-order valence-electron chi connectivity index (χ3n) is 10.0. The molecule has 55 heavy (non-hydrogen) atoms. The zero-order valence-electron chi connectivity index (χ0n) is 33.6. The molecule has 0 saturated heterocycles. The van der Waals surface area contributed by atoms with Crippen LogP contribution in [-0.4, -0.2) is 53.5 Å². The number of imide groups is 1. The van der Waals surface area contributed by atoms with Crippen molar-refractivity contribution in [3.05, 3.63) is 36.3 Å². The van der Waals surface area contributed by atoms with Crippen LogP contribution < -0.4 is 4.74 Å². The van der Waals surface area contributed by atoms with E-state index in [0.29, 0.717) is 29.2 Å². The molecule has 1 unspecified atom stereocenters. The van der Waals surface area contributed by atoms with Gasteiger partial charge in [-0.15, -0.1) is 0 Å². The van der Waals surface area contributed by atoms with Gasteiger partial charge in [0.1, 0.15) is 5.57 Å². The smallest absolute Gasteiger partial charge is 0.353 e. The van der Waals surface area contributed by atoms with Gasteiger partial charge in [0.2, 0.25) is 11.8 Å². The molecule has 0 spiro atoms. The molecule has 1 aliphatic carbocycles. The van der Waals surface area contributed by atoms with Crippen LogP contribution in [0, 0.1) is 5.92 Å². The van der Waals surface area contributed by atoms with E-state index in [1.807, 2.05) is 13.8 Å². The lowest BCUT2D eigenvalue weighted by Gasteiger charge is -2.25. The zero-order valence-corrected chi connectivity index (χ0v) is 36.9. The second-order valence-corrected chi connectivity index (χ2v) is 18.7. The molecule has 1 fully saturated rings. The van der Waals surface area contributed by atoms with Crippen molar-refractivity contribution >= 4 is 82.5 Å². The number of rotatable bonds is 16. The fourth-order valence-electron chi connectivity index (χ4n) is 6.90. The molecule has 5 rings (SSSR count). The number of hydrogen-bond donors (Lipinski definition) is 0. The number of thioether (sulfide) groups is 4. The van der Waals surface area contributed by atoms with Crippen LogP contribution in [0.1, 0.15) is 138 Å². The lowest BCUT2D eigenvalue weighted by Crippen LogP contribution is -2.43. The number of hydrogen-bond acceptors (Lipinski definition) is 10. The van der Waals surface area contributed by atoms with Gasteiger partial charge in [-0.25, -0.2) is 9.79 Å². The maximum absolute atomic E-state index is 14.1. The standard InChI is InChI=1S/C42H55N3O6S4/c1-9-15-20-26(13-5)39(48)51-32-35-33(52-40(54-35)30(24(7)27-21-17-22-27)29(19-12-4)43-25(8)46)28(18-11-3)34-36(32)55-41(53-34)31-37(50-14-6)44-42(49)45(38(31)47)23-16-10-2/h26H,9-23H2,1-8H3/b40-30-,41-31-,43-29?. The van der Waals surface area contributed by atoms with Crippen LogP contribution in [0.3, 0.4) is 0 Å². The summed E-state index contributed by atoms with van der Waals surface area (Å²) in [5.74, 6) is -0.587. The van der Waals surface area contributed by atoms with Gasteiger partial charge in [-0.1, -0.05) is 119 Å². The summed E-state index contributed by atoms with van der Waals surface area (Å²) in [6.07, 6.45) is 11.2. The Labute approximate surface area is 343 Å². The number of ether oxygens (including phenoxy) is 2. The number of carbonyl (C=O) groups is 4. The fourth-order valence-corrected chi connectivity index (χ4v) is 12.8. The summed E-state index contributed by atoms with van der Waals surface area (Å²) in [5.41, 5.74) is 5.82. The number of aliphatic imine (C=N–C) groups is 2. The summed E-state index contributed by atoms with van der Waals surface area (Å²) >= 11 is 6.16. The van der Waals surface area contributed by atoms with Gasteiger partial charge < -0.3 is 9.47 Å². The highest BCUT2D eigenvalue weighted by Gasteiger charge is 2.43. The average molecular weight is 826 g/mol. The number of urea groups is 1. The van der Waals surface area contributed by atoms with Gasteiger partial charge in [-0.3, -0.25) is 19.3 Å². The summed E-state index contributed by atoms with van der Waals surface area (Å²) in [6, 6.07) is -0.611. The van der Waals surface area contributed by atoms with Crippen LogP contribution in [0.2, 0.25) is 0 Å². The van der Waals surface area contributed by atoms with Crippen molar-refractivity contribution in [2.75, 3.05) is 13.2 Å². The molecular weight excluding hydrogens is 771 g/mol. The second-order valence-electron chi connectivity index (χ2n) is 14.1. The van der Waals surface area contributed by atoms with Crippen LogP contribution in [0.4, 0.5) is 4.79 Å². The number of nitrogens with zero attached hydrogens (tertiary/aromatic N) is 3.